The minimum atomic E-state index is -4.04. The van der Waals surface area contributed by atoms with Crippen LogP contribution in [0.15, 0.2) is 88.9 Å². The van der Waals surface area contributed by atoms with Crippen molar-refractivity contribution in [1.29, 1.82) is 0 Å². The van der Waals surface area contributed by atoms with Crippen molar-refractivity contribution in [2.75, 3.05) is 18.0 Å². The molecule has 0 spiro atoms. The molecule has 0 aliphatic rings. The van der Waals surface area contributed by atoms with E-state index < -0.39 is 28.4 Å². The Hall–Kier alpha value is -3.69. The highest BCUT2D eigenvalue weighted by atomic mass is 35.5. The summed E-state index contributed by atoms with van der Waals surface area (Å²) in [5.41, 5.74) is 3.55. The number of benzene rings is 3. The molecule has 0 aliphatic carbocycles. The maximum atomic E-state index is 13.2. The molecule has 0 bridgehead atoms. The van der Waals surface area contributed by atoms with Crippen molar-refractivity contribution in [3.8, 4) is 0 Å². The zero-order valence-corrected chi connectivity index (χ0v) is 19.1. The summed E-state index contributed by atoms with van der Waals surface area (Å²) in [6.07, 6.45) is 1.37. The third-order valence-corrected chi connectivity index (χ3v) is 6.47. The van der Waals surface area contributed by atoms with Crippen molar-refractivity contribution < 1.29 is 22.7 Å². The third-order valence-electron chi connectivity index (χ3n) is 4.45. The van der Waals surface area contributed by atoms with Gasteiger partial charge in [0.25, 0.3) is 15.9 Å². The zero-order chi connectivity index (χ0) is 23.8. The second kappa shape index (κ2) is 10.8. The molecule has 170 valence electrons. The number of halogens is 1. The van der Waals surface area contributed by atoms with E-state index in [4.69, 9.17) is 11.6 Å². The average Bonchev–Trinajstić information content (AvgIpc) is 2.83. The Kier molecular flexibility index (Phi) is 7.81. The molecule has 10 heteroatoms. The van der Waals surface area contributed by atoms with Crippen molar-refractivity contribution in [3.63, 3.8) is 0 Å². The summed E-state index contributed by atoms with van der Waals surface area (Å²) in [6, 6.07) is 20.4. The molecular weight excluding hydrogens is 466 g/mol. The molecule has 0 aromatic heterocycles. The van der Waals surface area contributed by atoms with E-state index in [0.717, 1.165) is 4.31 Å². The fraction of sp³-hybridized carbons (Fsp3) is 0.0870. The maximum absolute atomic E-state index is 13.2. The highest BCUT2D eigenvalue weighted by Crippen LogP contribution is 2.25. The van der Waals surface area contributed by atoms with E-state index in [0.29, 0.717) is 16.1 Å². The second-order valence-corrected chi connectivity index (χ2v) is 9.01. The molecule has 1 N–H and O–H groups in total. The first-order valence-electron chi connectivity index (χ1n) is 9.65. The highest BCUT2D eigenvalue weighted by Gasteiger charge is 2.27. The van der Waals surface area contributed by atoms with Crippen LogP contribution in [-0.4, -0.2) is 40.2 Å². The molecule has 3 aromatic rings. The normalized spacial score (nSPS) is 11.2. The van der Waals surface area contributed by atoms with Crippen LogP contribution in [0.3, 0.4) is 0 Å². The largest absolute Gasteiger partial charge is 0.465 e. The van der Waals surface area contributed by atoms with Gasteiger partial charge >= 0.3 is 5.97 Å². The summed E-state index contributed by atoms with van der Waals surface area (Å²) < 4.78 is 32.0. The van der Waals surface area contributed by atoms with Crippen LogP contribution in [0.1, 0.15) is 15.9 Å². The Labute approximate surface area is 196 Å². The summed E-state index contributed by atoms with van der Waals surface area (Å²) >= 11 is 6.04. The van der Waals surface area contributed by atoms with Crippen LogP contribution in [-0.2, 0) is 19.6 Å². The number of amides is 1. The lowest BCUT2D eigenvalue weighted by Gasteiger charge is -2.23. The van der Waals surface area contributed by atoms with Gasteiger partial charge in [-0.3, -0.25) is 9.10 Å². The number of rotatable bonds is 8. The number of nitrogens with one attached hydrogen (secondary N) is 1. The zero-order valence-electron chi connectivity index (χ0n) is 17.5. The van der Waals surface area contributed by atoms with Gasteiger partial charge in [-0.2, -0.15) is 5.10 Å². The van der Waals surface area contributed by atoms with E-state index in [9.17, 15) is 18.0 Å². The number of nitrogens with zero attached hydrogens (tertiary/aromatic N) is 2. The number of hydrogen-bond acceptors (Lipinski definition) is 6. The number of sulfonamides is 1. The fourth-order valence-corrected chi connectivity index (χ4v) is 4.45. The maximum Gasteiger partial charge on any atom is 0.337 e. The van der Waals surface area contributed by atoms with Crippen LogP contribution in [0.5, 0.6) is 0 Å². The van der Waals surface area contributed by atoms with Gasteiger partial charge in [-0.1, -0.05) is 48.0 Å². The third kappa shape index (κ3) is 6.18. The van der Waals surface area contributed by atoms with Crippen LogP contribution < -0.4 is 9.73 Å². The van der Waals surface area contributed by atoms with Crippen molar-refractivity contribution in [1.82, 2.24) is 5.43 Å². The molecule has 0 saturated heterocycles. The van der Waals surface area contributed by atoms with Crippen LogP contribution in [0, 0.1) is 0 Å². The number of carbonyl (C=O) groups excluding carboxylic acids is 2. The number of hydrazone groups is 1. The van der Waals surface area contributed by atoms with E-state index in [1.54, 1.807) is 60.7 Å². The van der Waals surface area contributed by atoms with Gasteiger partial charge in [0.15, 0.2) is 0 Å². The summed E-state index contributed by atoms with van der Waals surface area (Å²) in [5.74, 6) is -1.12. The number of hydrogen-bond donors (Lipinski definition) is 1. The van der Waals surface area contributed by atoms with E-state index in [1.165, 1.54) is 31.5 Å². The van der Waals surface area contributed by atoms with Gasteiger partial charge in [0, 0.05) is 5.02 Å². The van der Waals surface area contributed by atoms with Gasteiger partial charge in [-0.15, -0.1) is 0 Å². The first kappa shape index (κ1) is 24.0. The summed E-state index contributed by atoms with van der Waals surface area (Å²) in [4.78, 5) is 24.0. The van der Waals surface area contributed by atoms with E-state index in [1.807, 2.05) is 0 Å². The van der Waals surface area contributed by atoms with Crippen molar-refractivity contribution in [2.24, 2.45) is 5.10 Å². The van der Waals surface area contributed by atoms with E-state index in [-0.39, 0.29) is 10.6 Å². The predicted molar refractivity (Wildman–Crippen MR) is 126 cm³/mol. The quantitative estimate of drug-likeness (QED) is 0.299. The molecule has 8 nitrogen and oxygen atoms in total. The molecule has 0 unspecified atom stereocenters. The van der Waals surface area contributed by atoms with Crippen LogP contribution in [0.2, 0.25) is 5.02 Å². The minimum absolute atomic E-state index is 0.0342. The van der Waals surface area contributed by atoms with Gasteiger partial charge in [-0.05, 0) is 48.0 Å². The first-order chi connectivity index (χ1) is 15.8. The van der Waals surface area contributed by atoms with Crippen LogP contribution in [0.25, 0.3) is 0 Å². The average molecular weight is 486 g/mol. The summed E-state index contributed by atoms with van der Waals surface area (Å²) in [5, 5.41) is 4.20. The number of anilines is 1. The smallest absolute Gasteiger partial charge is 0.337 e. The van der Waals surface area contributed by atoms with Crippen LogP contribution >= 0.6 is 11.6 Å². The molecule has 0 heterocycles. The van der Waals surface area contributed by atoms with Gasteiger partial charge < -0.3 is 4.74 Å². The lowest BCUT2D eigenvalue weighted by molar-refractivity contribution is -0.119. The van der Waals surface area contributed by atoms with Crippen molar-refractivity contribution >= 4 is 45.4 Å². The van der Waals surface area contributed by atoms with Crippen molar-refractivity contribution in [2.45, 2.75) is 4.90 Å². The van der Waals surface area contributed by atoms with E-state index in [2.05, 4.69) is 15.3 Å². The summed E-state index contributed by atoms with van der Waals surface area (Å²) in [6.45, 7) is -0.518. The molecule has 0 atom stereocenters. The molecule has 0 radical (unpaired) electrons. The Morgan fingerprint density at radius 2 is 1.73 bits per heavy atom. The summed E-state index contributed by atoms with van der Waals surface area (Å²) in [7, 11) is -2.75. The lowest BCUT2D eigenvalue weighted by atomic mass is 10.1. The minimum Gasteiger partial charge on any atom is -0.465 e. The molecule has 0 saturated carbocycles. The van der Waals surface area contributed by atoms with Gasteiger partial charge in [0.05, 0.1) is 29.5 Å². The lowest BCUT2D eigenvalue weighted by Crippen LogP contribution is -2.39. The number of methoxy groups -OCH3 is 1. The molecule has 3 rings (SSSR count). The van der Waals surface area contributed by atoms with Gasteiger partial charge in [-0.25, -0.2) is 18.6 Å². The molecule has 3 aromatic carbocycles. The molecule has 33 heavy (non-hydrogen) atoms. The van der Waals surface area contributed by atoms with Gasteiger partial charge in [0.1, 0.15) is 6.54 Å². The molecule has 1 amide bonds. The second-order valence-electron chi connectivity index (χ2n) is 6.71. The van der Waals surface area contributed by atoms with E-state index >= 15 is 0 Å². The first-order valence-corrected chi connectivity index (χ1v) is 11.5. The number of esters is 1. The molecule has 0 aliphatic heterocycles. The predicted octanol–water partition coefficient (Wildman–Crippen LogP) is 3.47. The standard InChI is InChI=1S/C23H20ClN3O5S/c1-32-23(29)18-12-10-17(11-13-18)15-25-26-22(28)16-27(20-7-5-6-19(24)14-20)33(30,31)21-8-3-2-4-9-21/h2-15H,16H2,1H3,(H,26,28)/b25-15-. The van der Waals surface area contributed by atoms with Crippen LogP contribution in [0.4, 0.5) is 5.69 Å². The van der Waals surface area contributed by atoms with Gasteiger partial charge in [0.2, 0.25) is 0 Å². The topological polar surface area (TPSA) is 105 Å². The molecule has 0 fully saturated rings. The Bertz CT molecular complexity index is 1260. The monoisotopic (exact) mass is 485 g/mol. The Balaban J connectivity index is 1.77. The molecular formula is C23H20ClN3O5S. The SMILES string of the molecule is COC(=O)c1ccc(/C=N\NC(=O)CN(c2cccc(Cl)c2)S(=O)(=O)c2ccccc2)cc1. The highest BCUT2D eigenvalue weighted by molar-refractivity contribution is 7.92. The number of ether oxygens (including phenoxy) is 1. The fourth-order valence-electron chi connectivity index (χ4n) is 2.83. The van der Waals surface area contributed by atoms with Crippen molar-refractivity contribution in [3.05, 3.63) is 95.0 Å². The Morgan fingerprint density at radius 3 is 2.36 bits per heavy atom. The Morgan fingerprint density at radius 1 is 1.03 bits per heavy atom. The number of carbonyl (C=O) groups is 2.